The van der Waals surface area contributed by atoms with Gasteiger partial charge in [0.25, 0.3) is 0 Å². The molecule has 0 aromatic heterocycles. The summed E-state index contributed by atoms with van der Waals surface area (Å²) in [5.41, 5.74) is 0.254. The summed E-state index contributed by atoms with van der Waals surface area (Å²) >= 11 is 9.22. The van der Waals surface area contributed by atoms with E-state index in [1.807, 2.05) is 32.9 Å². The van der Waals surface area contributed by atoms with Gasteiger partial charge in [0.1, 0.15) is 18.4 Å². The zero-order valence-corrected chi connectivity index (χ0v) is 22.8. The molecular weight excluding hydrogens is 549 g/mol. The van der Waals surface area contributed by atoms with Crippen molar-refractivity contribution < 1.29 is 22.4 Å². The van der Waals surface area contributed by atoms with Crippen molar-refractivity contribution in [3.63, 3.8) is 0 Å². The molecule has 0 bridgehead atoms. The van der Waals surface area contributed by atoms with E-state index in [1.54, 1.807) is 19.1 Å². The van der Waals surface area contributed by atoms with Crippen LogP contribution < -0.4 is 9.62 Å². The van der Waals surface area contributed by atoms with Crippen LogP contribution in [0, 0.1) is 5.82 Å². The summed E-state index contributed by atoms with van der Waals surface area (Å²) in [7, 11) is -3.93. The number of anilines is 1. The molecule has 0 aliphatic rings. The molecule has 0 aliphatic carbocycles. The van der Waals surface area contributed by atoms with Crippen LogP contribution in [0.1, 0.15) is 33.3 Å². The van der Waals surface area contributed by atoms with Crippen molar-refractivity contribution >= 4 is 55.1 Å². The maximum absolute atomic E-state index is 13.6. The molecule has 2 rings (SSSR count). The summed E-state index contributed by atoms with van der Waals surface area (Å²) in [6.07, 6.45) is 0.936. The summed E-state index contributed by atoms with van der Waals surface area (Å²) in [6.45, 7) is 6.52. The number of sulfonamides is 1. The van der Waals surface area contributed by atoms with E-state index >= 15 is 0 Å². The number of carbonyl (C=O) groups is 2. The van der Waals surface area contributed by atoms with Gasteiger partial charge in [0, 0.05) is 16.6 Å². The Hall–Kier alpha value is -2.17. The first-order valence-electron chi connectivity index (χ1n) is 10.4. The minimum Gasteiger partial charge on any atom is -0.350 e. The number of nitrogens with one attached hydrogen (secondary N) is 1. The molecule has 0 radical (unpaired) electrons. The monoisotopic (exact) mass is 575 g/mol. The van der Waals surface area contributed by atoms with E-state index in [2.05, 4.69) is 21.2 Å². The van der Waals surface area contributed by atoms with Crippen molar-refractivity contribution in [1.82, 2.24) is 10.2 Å². The second kappa shape index (κ2) is 11.0. The Kier molecular flexibility index (Phi) is 9.12. The molecule has 0 saturated carbocycles. The van der Waals surface area contributed by atoms with Gasteiger partial charge in [-0.15, -0.1) is 0 Å². The molecule has 2 amide bonds. The lowest BCUT2D eigenvalue weighted by Crippen LogP contribution is -2.54. The minimum absolute atomic E-state index is 0.0384. The fourth-order valence-corrected chi connectivity index (χ4v) is 4.61. The fourth-order valence-electron chi connectivity index (χ4n) is 3.14. The molecule has 11 heteroatoms. The third kappa shape index (κ3) is 7.95. The van der Waals surface area contributed by atoms with Crippen LogP contribution in [-0.2, 0) is 26.2 Å². The molecule has 7 nitrogen and oxygen atoms in total. The van der Waals surface area contributed by atoms with Crippen LogP contribution in [0.2, 0.25) is 5.02 Å². The van der Waals surface area contributed by atoms with Gasteiger partial charge in [-0.2, -0.15) is 0 Å². The van der Waals surface area contributed by atoms with Crippen molar-refractivity contribution in [3.05, 3.63) is 63.3 Å². The zero-order chi connectivity index (χ0) is 25.8. The van der Waals surface area contributed by atoms with Gasteiger partial charge in [-0.1, -0.05) is 39.7 Å². The highest BCUT2D eigenvalue weighted by molar-refractivity contribution is 9.10. The number of nitrogens with zero attached hydrogens (tertiary/aromatic N) is 2. The van der Waals surface area contributed by atoms with E-state index in [0.717, 1.165) is 32.7 Å². The standard InChI is InChI=1S/C23H28BrClFN3O4S/c1-15(22(31)27-23(2,3)4)28(13-16-7-6-8-17(24)11-16)21(30)14-29(34(5,32)33)18-9-10-20(26)19(25)12-18/h6-12,15H,13-14H2,1-5H3,(H,27,31)/t15-/m1/s1. The average Bonchev–Trinajstić information content (AvgIpc) is 2.69. The fraction of sp³-hybridized carbons (Fsp3) is 0.391. The Balaban J connectivity index is 2.43. The number of rotatable bonds is 8. The number of hydrogen-bond acceptors (Lipinski definition) is 4. The molecule has 0 spiro atoms. The van der Waals surface area contributed by atoms with E-state index in [9.17, 15) is 22.4 Å². The first-order chi connectivity index (χ1) is 15.6. The van der Waals surface area contributed by atoms with Crippen LogP contribution in [0.4, 0.5) is 10.1 Å². The summed E-state index contributed by atoms with van der Waals surface area (Å²) in [5, 5.41) is 2.57. The SMILES string of the molecule is C[C@H](C(=O)NC(C)(C)C)N(Cc1cccc(Br)c1)C(=O)CN(c1ccc(F)c(Cl)c1)S(C)(=O)=O. The van der Waals surface area contributed by atoms with E-state index in [0.29, 0.717) is 0 Å². The molecule has 0 unspecified atom stereocenters. The van der Waals surface area contributed by atoms with E-state index in [4.69, 9.17) is 11.6 Å². The van der Waals surface area contributed by atoms with Crippen LogP contribution in [0.5, 0.6) is 0 Å². The zero-order valence-electron chi connectivity index (χ0n) is 19.6. The lowest BCUT2D eigenvalue weighted by Gasteiger charge is -2.33. The molecule has 0 saturated heterocycles. The van der Waals surface area contributed by atoms with Crippen LogP contribution in [0.25, 0.3) is 0 Å². The quantitative estimate of drug-likeness (QED) is 0.507. The highest BCUT2D eigenvalue weighted by Gasteiger charge is 2.31. The van der Waals surface area contributed by atoms with Gasteiger partial charge in [-0.05, 0) is 63.6 Å². The number of amides is 2. The van der Waals surface area contributed by atoms with Gasteiger partial charge in [0.05, 0.1) is 17.0 Å². The lowest BCUT2D eigenvalue weighted by atomic mass is 10.1. The Morgan fingerprint density at radius 3 is 2.35 bits per heavy atom. The highest BCUT2D eigenvalue weighted by Crippen LogP contribution is 2.25. The number of benzene rings is 2. The maximum atomic E-state index is 13.6. The molecule has 1 atom stereocenters. The number of halogens is 3. The molecule has 0 fully saturated rings. The highest BCUT2D eigenvalue weighted by atomic mass is 79.9. The molecule has 2 aromatic carbocycles. The molecule has 1 N–H and O–H groups in total. The summed E-state index contributed by atoms with van der Waals surface area (Å²) in [5.74, 6) is -1.71. The Morgan fingerprint density at radius 2 is 1.82 bits per heavy atom. The lowest BCUT2D eigenvalue weighted by molar-refractivity contribution is -0.140. The van der Waals surface area contributed by atoms with Gasteiger partial charge >= 0.3 is 0 Å². The third-order valence-electron chi connectivity index (χ3n) is 4.78. The van der Waals surface area contributed by atoms with Crippen LogP contribution in [0.3, 0.4) is 0 Å². The van der Waals surface area contributed by atoms with Crippen LogP contribution in [0.15, 0.2) is 46.9 Å². The average molecular weight is 577 g/mol. The number of hydrogen-bond donors (Lipinski definition) is 1. The van der Waals surface area contributed by atoms with Crippen LogP contribution in [-0.4, -0.2) is 49.5 Å². The molecule has 0 heterocycles. The molecule has 2 aromatic rings. The van der Waals surface area contributed by atoms with Gasteiger partial charge in [-0.3, -0.25) is 13.9 Å². The predicted molar refractivity (Wildman–Crippen MR) is 136 cm³/mol. The summed E-state index contributed by atoms with van der Waals surface area (Å²) in [4.78, 5) is 27.7. The van der Waals surface area contributed by atoms with Crippen molar-refractivity contribution in [2.45, 2.75) is 45.8 Å². The third-order valence-corrected chi connectivity index (χ3v) is 6.70. The van der Waals surface area contributed by atoms with Crippen LogP contribution >= 0.6 is 27.5 Å². The van der Waals surface area contributed by atoms with Crippen molar-refractivity contribution in [1.29, 1.82) is 0 Å². The summed E-state index contributed by atoms with van der Waals surface area (Å²) < 4.78 is 40.3. The van der Waals surface area contributed by atoms with Crippen molar-refractivity contribution in [2.75, 3.05) is 17.1 Å². The molecule has 34 heavy (non-hydrogen) atoms. The van der Waals surface area contributed by atoms with Gasteiger partial charge < -0.3 is 10.2 Å². The Labute approximate surface area is 213 Å². The first kappa shape index (κ1) is 28.1. The van der Waals surface area contributed by atoms with Crippen molar-refractivity contribution in [3.8, 4) is 0 Å². The minimum atomic E-state index is -3.93. The number of carbonyl (C=O) groups excluding carboxylic acids is 2. The maximum Gasteiger partial charge on any atom is 0.244 e. The first-order valence-corrected chi connectivity index (χ1v) is 13.4. The largest absolute Gasteiger partial charge is 0.350 e. The smallest absolute Gasteiger partial charge is 0.244 e. The second-order valence-electron chi connectivity index (χ2n) is 8.93. The van der Waals surface area contributed by atoms with E-state index in [-0.39, 0.29) is 23.2 Å². The molecule has 186 valence electrons. The topological polar surface area (TPSA) is 86.8 Å². The Bertz CT molecular complexity index is 1170. The van der Waals surface area contributed by atoms with Gasteiger partial charge in [0.2, 0.25) is 21.8 Å². The normalized spacial score (nSPS) is 12.7. The van der Waals surface area contributed by atoms with Gasteiger partial charge in [-0.25, -0.2) is 12.8 Å². The molecule has 0 aliphatic heterocycles. The Morgan fingerprint density at radius 1 is 1.18 bits per heavy atom. The molecular formula is C23H28BrClFN3O4S. The summed E-state index contributed by atoms with van der Waals surface area (Å²) in [6, 6.07) is 9.72. The second-order valence-corrected chi connectivity index (χ2v) is 12.2. The van der Waals surface area contributed by atoms with Crippen molar-refractivity contribution in [2.24, 2.45) is 0 Å². The van der Waals surface area contributed by atoms with Gasteiger partial charge in [0.15, 0.2) is 0 Å². The predicted octanol–water partition coefficient (Wildman–Crippen LogP) is 4.34. The van der Waals surface area contributed by atoms with E-state index < -0.39 is 39.9 Å². The van der Waals surface area contributed by atoms with E-state index in [1.165, 1.54) is 11.0 Å².